The first-order valence-electron chi connectivity index (χ1n) is 8.53. The van der Waals surface area contributed by atoms with Crippen molar-refractivity contribution in [1.29, 1.82) is 0 Å². The number of nitrogens with zero attached hydrogens (tertiary/aromatic N) is 4. The predicted octanol–water partition coefficient (Wildman–Crippen LogP) is 0.496. The van der Waals surface area contributed by atoms with Crippen molar-refractivity contribution in [2.45, 2.75) is 19.8 Å². The van der Waals surface area contributed by atoms with Crippen LogP contribution < -0.4 is 0 Å². The number of rotatable bonds is 2. The van der Waals surface area contributed by atoms with E-state index in [4.69, 9.17) is 4.74 Å². The topological polar surface area (TPSA) is 75.6 Å². The highest BCUT2D eigenvalue weighted by Gasteiger charge is 2.62. The van der Waals surface area contributed by atoms with Gasteiger partial charge in [0.15, 0.2) is 0 Å². The molecule has 0 radical (unpaired) electrons. The molecule has 3 heterocycles. The highest BCUT2D eigenvalue weighted by atomic mass is 16.5. The van der Waals surface area contributed by atoms with E-state index in [1.807, 2.05) is 16.7 Å². The maximum Gasteiger partial charge on any atom is 0.274 e. The van der Waals surface area contributed by atoms with Gasteiger partial charge in [0.1, 0.15) is 5.69 Å². The van der Waals surface area contributed by atoms with E-state index < -0.39 is 0 Å². The lowest BCUT2D eigenvalue weighted by Crippen LogP contribution is -2.42. The van der Waals surface area contributed by atoms with Crippen LogP contribution in [0.25, 0.3) is 0 Å². The van der Waals surface area contributed by atoms with Gasteiger partial charge in [0, 0.05) is 43.7 Å². The van der Waals surface area contributed by atoms with E-state index in [1.165, 1.54) is 6.20 Å². The zero-order chi connectivity index (χ0) is 16.7. The highest BCUT2D eigenvalue weighted by molar-refractivity contribution is 5.92. The quantitative estimate of drug-likeness (QED) is 0.789. The van der Waals surface area contributed by atoms with Gasteiger partial charge in [-0.1, -0.05) is 0 Å². The van der Waals surface area contributed by atoms with Gasteiger partial charge in [0.2, 0.25) is 5.91 Å². The Hall–Kier alpha value is -2.02. The molecule has 1 aromatic heterocycles. The molecule has 2 amide bonds. The van der Waals surface area contributed by atoms with Crippen LogP contribution in [0, 0.1) is 18.3 Å². The first kappa shape index (κ1) is 15.5. The molecule has 3 fully saturated rings. The normalized spacial score (nSPS) is 29.1. The molecule has 1 aliphatic carbocycles. The van der Waals surface area contributed by atoms with Crippen LogP contribution in [0.4, 0.5) is 0 Å². The third kappa shape index (κ3) is 2.66. The van der Waals surface area contributed by atoms with Crippen LogP contribution in [-0.2, 0) is 9.53 Å². The third-order valence-corrected chi connectivity index (χ3v) is 5.48. The zero-order valence-corrected chi connectivity index (χ0v) is 13.9. The Bertz CT molecular complexity index is 656. The van der Waals surface area contributed by atoms with Crippen molar-refractivity contribution in [3.05, 3.63) is 23.8 Å². The van der Waals surface area contributed by atoms with Crippen LogP contribution in [0.3, 0.4) is 0 Å². The first-order valence-corrected chi connectivity index (χ1v) is 8.53. The van der Waals surface area contributed by atoms with Crippen LogP contribution in [0.15, 0.2) is 12.4 Å². The maximum absolute atomic E-state index is 12.7. The lowest BCUT2D eigenvalue weighted by molar-refractivity contribution is -0.137. The van der Waals surface area contributed by atoms with Gasteiger partial charge in [-0.05, 0) is 19.8 Å². The zero-order valence-electron chi connectivity index (χ0n) is 13.9. The summed E-state index contributed by atoms with van der Waals surface area (Å²) < 4.78 is 5.31. The standard InChI is InChI=1S/C17H22N4O3/c1-12-9-19-14(10-18-12)16(23)21-3-2-17(11-21)8-13(17)15(22)20-4-6-24-7-5-20/h9-10,13H,2-8,11H2,1H3/t13-,17+/m0/s1. The second-order valence-corrected chi connectivity index (χ2v) is 7.08. The van der Waals surface area contributed by atoms with Crippen molar-refractivity contribution in [2.75, 3.05) is 39.4 Å². The van der Waals surface area contributed by atoms with Crippen LogP contribution in [0.5, 0.6) is 0 Å². The third-order valence-electron chi connectivity index (χ3n) is 5.48. The molecule has 0 aromatic carbocycles. The van der Waals surface area contributed by atoms with E-state index in [9.17, 15) is 9.59 Å². The molecule has 7 heteroatoms. The van der Waals surface area contributed by atoms with Crippen LogP contribution in [-0.4, -0.2) is 71.0 Å². The van der Waals surface area contributed by atoms with E-state index in [1.54, 1.807) is 6.20 Å². The van der Waals surface area contributed by atoms with E-state index in [0.29, 0.717) is 45.1 Å². The number of amides is 2. The summed E-state index contributed by atoms with van der Waals surface area (Å²) in [5.74, 6) is 0.226. The van der Waals surface area contributed by atoms with E-state index in [0.717, 1.165) is 18.5 Å². The van der Waals surface area contributed by atoms with Crippen molar-refractivity contribution in [3.63, 3.8) is 0 Å². The Kier molecular flexibility index (Phi) is 3.75. The van der Waals surface area contributed by atoms with Gasteiger partial charge in [0.05, 0.1) is 25.1 Å². The van der Waals surface area contributed by atoms with Crippen molar-refractivity contribution >= 4 is 11.8 Å². The molecule has 128 valence electrons. The van der Waals surface area contributed by atoms with Crippen LogP contribution in [0.2, 0.25) is 0 Å². The monoisotopic (exact) mass is 330 g/mol. The molecule has 1 aromatic rings. The number of hydrogen-bond acceptors (Lipinski definition) is 5. The van der Waals surface area contributed by atoms with Gasteiger partial charge in [0.25, 0.3) is 5.91 Å². The highest BCUT2D eigenvalue weighted by Crippen LogP contribution is 2.59. The van der Waals surface area contributed by atoms with Crippen molar-refractivity contribution in [2.24, 2.45) is 11.3 Å². The summed E-state index contributed by atoms with van der Waals surface area (Å²) in [7, 11) is 0. The fraction of sp³-hybridized carbons (Fsp3) is 0.647. The summed E-state index contributed by atoms with van der Waals surface area (Å²) in [4.78, 5) is 37.3. The largest absolute Gasteiger partial charge is 0.378 e. The second kappa shape index (κ2) is 5.81. The summed E-state index contributed by atoms with van der Waals surface area (Å²) in [6, 6.07) is 0. The summed E-state index contributed by atoms with van der Waals surface area (Å²) in [6.45, 7) is 5.83. The van der Waals surface area contributed by atoms with Gasteiger partial charge in [-0.15, -0.1) is 0 Å². The average Bonchev–Trinajstić information content (AvgIpc) is 3.15. The van der Waals surface area contributed by atoms with Gasteiger partial charge < -0.3 is 14.5 Å². The Morgan fingerprint density at radius 3 is 2.67 bits per heavy atom. The van der Waals surface area contributed by atoms with Gasteiger partial charge >= 0.3 is 0 Å². The van der Waals surface area contributed by atoms with Crippen molar-refractivity contribution < 1.29 is 14.3 Å². The number of ether oxygens (including phenoxy) is 1. The summed E-state index contributed by atoms with van der Waals surface area (Å²) >= 11 is 0. The molecular weight excluding hydrogens is 308 g/mol. The number of carbonyl (C=O) groups is 2. The molecule has 2 aliphatic heterocycles. The second-order valence-electron chi connectivity index (χ2n) is 7.08. The number of morpholine rings is 1. The van der Waals surface area contributed by atoms with E-state index >= 15 is 0 Å². The summed E-state index contributed by atoms with van der Waals surface area (Å²) in [6.07, 6.45) is 4.94. The number of likely N-dealkylation sites (tertiary alicyclic amines) is 1. The molecule has 1 saturated carbocycles. The van der Waals surface area contributed by atoms with Gasteiger partial charge in [-0.2, -0.15) is 0 Å². The fourth-order valence-corrected chi connectivity index (χ4v) is 3.89. The summed E-state index contributed by atoms with van der Waals surface area (Å²) in [5, 5.41) is 0. The van der Waals surface area contributed by atoms with Crippen molar-refractivity contribution in [1.82, 2.24) is 19.8 Å². The van der Waals surface area contributed by atoms with Gasteiger partial charge in [-0.3, -0.25) is 14.6 Å². The fourth-order valence-electron chi connectivity index (χ4n) is 3.89. The van der Waals surface area contributed by atoms with Crippen molar-refractivity contribution in [3.8, 4) is 0 Å². The molecule has 1 spiro atoms. The molecule has 0 bridgehead atoms. The molecule has 7 nitrogen and oxygen atoms in total. The summed E-state index contributed by atoms with van der Waals surface area (Å²) in [5.41, 5.74) is 1.17. The van der Waals surface area contributed by atoms with Gasteiger partial charge in [-0.25, -0.2) is 4.98 Å². The molecular formula is C17H22N4O3. The molecule has 2 saturated heterocycles. The smallest absolute Gasteiger partial charge is 0.274 e. The van der Waals surface area contributed by atoms with E-state index in [-0.39, 0.29) is 23.1 Å². The number of hydrogen-bond donors (Lipinski definition) is 0. The SMILES string of the molecule is Cc1cnc(C(=O)N2CC[C@@]3(C[C@H]3C(=O)N3CCOCC3)C2)cn1. The molecule has 4 rings (SSSR count). The number of aromatic nitrogens is 2. The molecule has 3 aliphatic rings. The maximum atomic E-state index is 12.7. The average molecular weight is 330 g/mol. The number of carbonyl (C=O) groups excluding carboxylic acids is 2. The first-order chi connectivity index (χ1) is 11.6. The Morgan fingerprint density at radius 2 is 1.96 bits per heavy atom. The molecule has 24 heavy (non-hydrogen) atoms. The molecule has 0 N–H and O–H groups in total. The minimum absolute atomic E-state index is 0.0107. The molecule has 0 unspecified atom stereocenters. The predicted molar refractivity (Wildman–Crippen MR) is 85.2 cm³/mol. The minimum atomic E-state index is -0.0798. The number of aryl methyl sites for hydroxylation is 1. The van der Waals surface area contributed by atoms with Crippen LogP contribution in [0.1, 0.15) is 29.0 Å². The Morgan fingerprint density at radius 1 is 1.17 bits per heavy atom. The molecule has 2 atom stereocenters. The Labute approximate surface area is 141 Å². The van der Waals surface area contributed by atoms with E-state index in [2.05, 4.69) is 9.97 Å². The Balaban J connectivity index is 1.39. The van der Waals surface area contributed by atoms with Crippen LogP contribution >= 0.6 is 0 Å². The lowest BCUT2D eigenvalue weighted by atomic mass is 10.0. The lowest BCUT2D eigenvalue weighted by Gasteiger charge is -2.27. The minimum Gasteiger partial charge on any atom is -0.378 e.